The van der Waals surface area contributed by atoms with Crippen molar-refractivity contribution >= 4 is 38.6 Å². The highest BCUT2D eigenvalue weighted by Crippen LogP contribution is 2.39. The predicted octanol–water partition coefficient (Wildman–Crippen LogP) is 3.40. The van der Waals surface area contributed by atoms with Crippen molar-refractivity contribution in [2.75, 3.05) is 25.0 Å². The van der Waals surface area contributed by atoms with Crippen molar-refractivity contribution < 1.29 is 9.21 Å². The van der Waals surface area contributed by atoms with Gasteiger partial charge < -0.3 is 20.0 Å². The summed E-state index contributed by atoms with van der Waals surface area (Å²) in [4.78, 5) is 19.0. The molecule has 1 amide bonds. The third kappa shape index (κ3) is 3.30. The average Bonchev–Trinajstić information content (AvgIpc) is 3.20. The maximum Gasteiger partial charge on any atom is 0.228 e. The summed E-state index contributed by atoms with van der Waals surface area (Å²) in [5.74, 6) is 1.37. The Hall–Kier alpha value is -2.11. The second-order valence-electron chi connectivity index (χ2n) is 8.57. The Bertz CT molecular complexity index is 981. The average molecular weight is 458 g/mol. The molecule has 0 atom stereocenters. The smallest absolute Gasteiger partial charge is 0.228 e. The van der Waals surface area contributed by atoms with Crippen LogP contribution in [0, 0.1) is 16.7 Å². The first-order valence-electron chi connectivity index (χ1n) is 10.3. The first-order chi connectivity index (χ1) is 14.1. The second kappa shape index (κ2) is 7.29. The summed E-state index contributed by atoms with van der Waals surface area (Å²) in [6.07, 6.45) is 8.23. The minimum absolute atomic E-state index is 0.0512. The van der Waals surface area contributed by atoms with Gasteiger partial charge in [0.05, 0.1) is 16.1 Å². The molecule has 1 saturated carbocycles. The van der Waals surface area contributed by atoms with Gasteiger partial charge in [-0.05, 0) is 67.5 Å². The van der Waals surface area contributed by atoms with E-state index in [1.165, 1.54) is 12.8 Å². The standard InChI is InChI=1S/C21H24BrN5O2/c22-18-16-9-15(10-23)29-17(16)11-24-19(18)26-13-1-3-14(4-2-13)27-7-5-21(6-8-27)12-25-20(21)28/h9,11,13-14H,1-8,12H2,(H,24,26)(H,25,28). The minimum atomic E-state index is -0.0512. The summed E-state index contributed by atoms with van der Waals surface area (Å²) in [5.41, 5.74) is 0.565. The van der Waals surface area contributed by atoms with Crippen LogP contribution in [-0.4, -0.2) is 47.5 Å². The van der Waals surface area contributed by atoms with E-state index in [0.717, 1.165) is 61.0 Å². The van der Waals surface area contributed by atoms with Gasteiger partial charge in [0, 0.05) is 30.1 Å². The third-order valence-corrected chi connectivity index (χ3v) is 7.81. The monoisotopic (exact) mass is 457 g/mol. The second-order valence-corrected chi connectivity index (χ2v) is 9.36. The number of nitrogens with zero attached hydrogens (tertiary/aromatic N) is 3. The number of likely N-dealkylation sites (tertiary alicyclic amines) is 1. The van der Waals surface area contributed by atoms with E-state index in [1.807, 2.05) is 6.07 Å². The normalized spacial score (nSPS) is 26.7. The van der Waals surface area contributed by atoms with Crippen LogP contribution < -0.4 is 10.6 Å². The molecule has 1 spiro atoms. The number of carbonyl (C=O) groups is 1. The quantitative estimate of drug-likeness (QED) is 0.685. The highest BCUT2D eigenvalue weighted by atomic mass is 79.9. The summed E-state index contributed by atoms with van der Waals surface area (Å²) < 4.78 is 6.30. The molecule has 152 valence electrons. The number of hydrogen-bond acceptors (Lipinski definition) is 6. The zero-order valence-corrected chi connectivity index (χ0v) is 17.8. The van der Waals surface area contributed by atoms with E-state index in [-0.39, 0.29) is 11.3 Å². The lowest BCUT2D eigenvalue weighted by Crippen LogP contribution is -2.63. The Balaban J connectivity index is 1.17. The summed E-state index contributed by atoms with van der Waals surface area (Å²) in [6, 6.07) is 4.79. The molecule has 0 bridgehead atoms. The van der Waals surface area contributed by atoms with Crippen molar-refractivity contribution in [3.63, 3.8) is 0 Å². The van der Waals surface area contributed by atoms with Crippen LogP contribution in [0.15, 0.2) is 21.2 Å². The lowest BCUT2D eigenvalue weighted by Gasteiger charge is -2.49. The number of aromatic nitrogens is 1. The summed E-state index contributed by atoms with van der Waals surface area (Å²) in [7, 11) is 0. The molecule has 4 heterocycles. The topological polar surface area (TPSA) is 94.2 Å². The van der Waals surface area contributed by atoms with Crippen molar-refractivity contribution in [2.45, 2.75) is 50.6 Å². The number of hydrogen-bond donors (Lipinski definition) is 2. The molecule has 2 aliphatic heterocycles. The van der Waals surface area contributed by atoms with Gasteiger partial charge in [-0.3, -0.25) is 4.79 Å². The fraction of sp³-hybridized carbons (Fsp3) is 0.571. The number of anilines is 1. The molecule has 2 aromatic rings. The van der Waals surface area contributed by atoms with Crippen LogP contribution in [0.4, 0.5) is 5.82 Å². The lowest BCUT2D eigenvalue weighted by atomic mass is 9.72. The number of fused-ring (bicyclic) bond motifs is 1. The number of β-lactam (4-membered cyclic amide) rings is 1. The van der Waals surface area contributed by atoms with E-state index in [1.54, 1.807) is 12.3 Å². The van der Waals surface area contributed by atoms with Gasteiger partial charge in [0.25, 0.3) is 0 Å². The minimum Gasteiger partial charge on any atom is -0.444 e. The molecule has 5 rings (SSSR count). The third-order valence-electron chi connectivity index (χ3n) is 7.00. The van der Waals surface area contributed by atoms with Crippen molar-refractivity contribution in [1.29, 1.82) is 5.26 Å². The highest BCUT2D eigenvalue weighted by molar-refractivity contribution is 9.10. The van der Waals surface area contributed by atoms with Crippen molar-refractivity contribution in [1.82, 2.24) is 15.2 Å². The van der Waals surface area contributed by atoms with Crippen molar-refractivity contribution in [3.05, 3.63) is 22.5 Å². The Morgan fingerprint density at radius 3 is 2.69 bits per heavy atom. The number of rotatable bonds is 3. The SMILES string of the molecule is N#Cc1cc2c(Br)c(NC3CCC(N4CCC5(CC4)CNC5=O)CC3)ncc2o1. The van der Waals surface area contributed by atoms with Gasteiger partial charge in [-0.1, -0.05) is 0 Å². The van der Waals surface area contributed by atoms with Crippen LogP contribution >= 0.6 is 15.9 Å². The van der Waals surface area contributed by atoms with Gasteiger partial charge in [0.15, 0.2) is 5.58 Å². The number of pyridine rings is 1. The zero-order chi connectivity index (χ0) is 20.0. The van der Waals surface area contributed by atoms with Gasteiger partial charge in [-0.25, -0.2) is 4.98 Å². The number of carbonyl (C=O) groups excluding carboxylic acids is 1. The number of nitriles is 1. The highest BCUT2D eigenvalue weighted by Gasteiger charge is 2.48. The number of furan rings is 1. The first-order valence-corrected chi connectivity index (χ1v) is 11.1. The summed E-state index contributed by atoms with van der Waals surface area (Å²) in [5, 5.41) is 16.4. The maximum absolute atomic E-state index is 11.9. The van der Waals surface area contributed by atoms with Gasteiger partial charge in [0.1, 0.15) is 11.9 Å². The van der Waals surface area contributed by atoms with Crippen LogP contribution in [0.25, 0.3) is 11.0 Å². The van der Waals surface area contributed by atoms with E-state index in [2.05, 4.69) is 36.4 Å². The van der Waals surface area contributed by atoms with Crippen LogP contribution in [0.2, 0.25) is 0 Å². The van der Waals surface area contributed by atoms with E-state index < -0.39 is 0 Å². The van der Waals surface area contributed by atoms with Gasteiger partial charge >= 0.3 is 0 Å². The molecule has 8 heteroatoms. The van der Waals surface area contributed by atoms with Crippen LogP contribution in [0.5, 0.6) is 0 Å². The van der Waals surface area contributed by atoms with Crippen LogP contribution in [0.1, 0.15) is 44.3 Å². The Morgan fingerprint density at radius 1 is 1.31 bits per heavy atom. The molecule has 2 saturated heterocycles. The molecule has 2 N–H and O–H groups in total. The van der Waals surface area contributed by atoms with Crippen LogP contribution in [0.3, 0.4) is 0 Å². The van der Waals surface area contributed by atoms with Gasteiger partial charge in [-0.15, -0.1) is 0 Å². The summed E-state index contributed by atoms with van der Waals surface area (Å²) in [6.45, 7) is 2.96. The molecule has 3 fully saturated rings. The van der Waals surface area contributed by atoms with E-state index in [9.17, 15) is 4.79 Å². The van der Waals surface area contributed by atoms with Gasteiger partial charge in [0.2, 0.25) is 11.7 Å². The molecule has 3 aliphatic rings. The molecule has 0 unspecified atom stereocenters. The largest absolute Gasteiger partial charge is 0.444 e. The lowest BCUT2D eigenvalue weighted by molar-refractivity contribution is -0.144. The van der Waals surface area contributed by atoms with Gasteiger partial charge in [-0.2, -0.15) is 5.26 Å². The molecule has 0 aromatic carbocycles. The molecular weight excluding hydrogens is 434 g/mol. The fourth-order valence-corrected chi connectivity index (χ4v) is 5.57. The summed E-state index contributed by atoms with van der Waals surface area (Å²) >= 11 is 3.62. The number of halogens is 1. The zero-order valence-electron chi connectivity index (χ0n) is 16.2. The van der Waals surface area contributed by atoms with Crippen LogP contribution in [-0.2, 0) is 4.79 Å². The molecule has 29 heavy (non-hydrogen) atoms. The Kier molecular flexibility index (Phi) is 4.75. The molecule has 7 nitrogen and oxygen atoms in total. The Labute approximate surface area is 177 Å². The maximum atomic E-state index is 11.9. The predicted molar refractivity (Wildman–Crippen MR) is 112 cm³/mol. The first kappa shape index (κ1) is 18.9. The molecular formula is C21H24BrN5O2. The Morgan fingerprint density at radius 2 is 2.07 bits per heavy atom. The number of amides is 1. The fourth-order valence-electron chi connectivity index (χ4n) is 5.05. The molecule has 1 aliphatic carbocycles. The van der Waals surface area contributed by atoms with Crippen molar-refractivity contribution in [3.8, 4) is 6.07 Å². The molecule has 2 aromatic heterocycles. The van der Waals surface area contributed by atoms with E-state index in [4.69, 9.17) is 9.68 Å². The van der Waals surface area contributed by atoms with E-state index >= 15 is 0 Å². The number of nitrogens with one attached hydrogen (secondary N) is 2. The van der Waals surface area contributed by atoms with Crippen molar-refractivity contribution in [2.24, 2.45) is 5.41 Å². The number of piperidine rings is 1. The molecule has 0 radical (unpaired) electrons. The van der Waals surface area contributed by atoms with E-state index in [0.29, 0.717) is 23.4 Å².